The Morgan fingerprint density at radius 3 is 2.28 bits per heavy atom. The van der Waals surface area contributed by atoms with E-state index in [4.69, 9.17) is 0 Å². The van der Waals surface area contributed by atoms with Gasteiger partial charge in [-0.05, 0) is 57.5 Å². The van der Waals surface area contributed by atoms with Crippen molar-refractivity contribution in [3.05, 3.63) is 0 Å². The summed E-state index contributed by atoms with van der Waals surface area (Å²) < 4.78 is 0. The third-order valence-electron chi connectivity index (χ3n) is 5.11. The molecule has 1 aliphatic carbocycles. The maximum atomic E-state index is 3.57. The molecule has 0 bridgehead atoms. The fraction of sp³-hybridized carbons (Fsp3) is 1.00. The van der Waals surface area contributed by atoms with Gasteiger partial charge in [0.1, 0.15) is 0 Å². The summed E-state index contributed by atoms with van der Waals surface area (Å²) in [6, 6.07) is 1.47. The zero-order valence-electron chi connectivity index (χ0n) is 13.4. The van der Waals surface area contributed by atoms with Crippen molar-refractivity contribution in [3.63, 3.8) is 0 Å². The molecule has 0 aliphatic heterocycles. The van der Waals surface area contributed by atoms with E-state index in [2.05, 4.69) is 52.0 Å². The van der Waals surface area contributed by atoms with E-state index in [1.165, 1.54) is 32.2 Å². The van der Waals surface area contributed by atoms with Crippen molar-refractivity contribution < 1.29 is 0 Å². The van der Waals surface area contributed by atoms with Crippen molar-refractivity contribution in [2.75, 3.05) is 20.6 Å². The Balaban J connectivity index is 2.62. The molecular weight excluding hydrogens is 220 g/mol. The van der Waals surface area contributed by atoms with Gasteiger partial charge in [0.15, 0.2) is 0 Å². The number of hydrogen-bond donors (Lipinski definition) is 1. The predicted octanol–water partition coefficient (Wildman–Crippen LogP) is 3.38. The molecule has 1 aliphatic rings. The van der Waals surface area contributed by atoms with Gasteiger partial charge in [-0.2, -0.15) is 0 Å². The number of rotatable bonds is 6. The lowest BCUT2D eigenvalue weighted by Gasteiger charge is -2.42. The zero-order valence-corrected chi connectivity index (χ0v) is 13.4. The Hall–Kier alpha value is -0.0800. The van der Waals surface area contributed by atoms with Gasteiger partial charge in [-0.1, -0.05) is 27.7 Å². The van der Waals surface area contributed by atoms with Gasteiger partial charge in [0.05, 0.1) is 0 Å². The minimum absolute atomic E-state index is 0.709. The predicted molar refractivity (Wildman–Crippen MR) is 80.9 cm³/mol. The highest BCUT2D eigenvalue weighted by Gasteiger charge is 2.34. The summed E-state index contributed by atoms with van der Waals surface area (Å²) in [5.41, 5.74) is 0. The summed E-state index contributed by atoms with van der Waals surface area (Å²) >= 11 is 0. The lowest BCUT2D eigenvalue weighted by molar-refractivity contribution is 0.0948. The van der Waals surface area contributed by atoms with Gasteiger partial charge in [-0.15, -0.1) is 0 Å². The quantitative estimate of drug-likeness (QED) is 0.782. The van der Waals surface area contributed by atoms with E-state index in [1.54, 1.807) is 0 Å². The van der Waals surface area contributed by atoms with Crippen LogP contribution >= 0.6 is 0 Å². The summed E-state index contributed by atoms with van der Waals surface area (Å²) in [6.45, 7) is 10.7. The lowest BCUT2D eigenvalue weighted by Crippen LogP contribution is -2.48. The smallest absolute Gasteiger partial charge is 0.0110 e. The SMILES string of the molecule is CCC(CC)N(C)CC1C(C)CC(C)CC1NC. The van der Waals surface area contributed by atoms with Crippen LogP contribution in [0.5, 0.6) is 0 Å². The molecular formula is C16H34N2. The fourth-order valence-electron chi connectivity index (χ4n) is 3.94. The first-order valence-corrected chi connectivity index (χ1v) is 7.90. The second-order valence-corrected chi connectivity index (χ2v) is 6.52. The standard InChI is InChI=1S/C16H34N2/c1-7-14(8-2)18(6)11-15-13(4)9-12(3)10-16(15)17-5/h12-17H,7-11H2,1-6H3. The third kappa shape index (κ3) is 3.96. The van der Waals surface area contributed by atoms with Gasteiger partial charge >= 0.3 is 0 Å². The van der Waals surface area contributed by atoms with E-state index in [1.807, 2.05) is 0 Å². The molecule has 1 fully saturated rings. The molecule has 1 N–H and O–H groups in total. The maximum Gasteiger partial charge on any atom is 0.0110 e. The molecule has 1 rings (SSSR count). The first-order chi connectivity index (χ1) is 8.53. The molecule has 4 unspecified atom stereocenters. The van der Waals surface area contributed by atoms with Crippen LogP contribution in [0.2, 0.25) is 0 Å². The van der Waals surface area contributed by atoms with Crippen LogP contribution in [-0.4, -0.2) is 37.6 Å². The number of nitrogens with one attached hydrogen (secondary N) is 1. The lowest BCUT2D eigenvalue weighted by atomic mass is 9.72. The second kappa shape index (κ2) is 7.49. The van der Waals surface area contributed by atoms with E-state index >= 15 is 0 Å². The van der Waals surface area contributed by atoms with Crippen LogP contribution < -0.4 is 5.32 Å². The third-order valence-corrected chi connectivity index (χ3v) is 5.11. The molecule has 108 valence electrons. The van der Waals surface area contributed by atoms with Crippen LogP contribution in [0, 0.1) is 17.8 Å². The summed E-state index contributed by atoms with van der Waals surface area (Å²) in [6.07, 6.45) is 5.30. The van der Waals surface area contributed by atoms with Gasteiger partial charge in [0.25, 0.3) is 0 Å². The Kier molecular flexibility index (Phi) is 6.65. The molecule has 0 aromatic heterocycles. The fourth-order valence-corrected chi connectivity index (χ4v) is 3.94. The normalized spacial score (nSPS) is 33.3. The molecule has 18 heavy (non-hydrogen) atoms. The Morgan fingerprint density at radius 2 is 1.78 bits per heavy atom. The van der Waals surface area contributed by atoms with E-state index in [0.717, 1.165) is 23.8 Å². The van der Waals surface area contributed by atoms with Crippen LogP contribution in [0.3, 0.4) is 0 Å². The van der Waals surface area contributed by atoms with Crippen molar-refractivity contribution >= 4 is 0 Å². The van der Waals surface area contributed by atoms with Crippen molar-refractivity contribution in [1.82, 2.24) is 10.2 Å². The molecule has 0 aromatic rings. The summed E-state index contributed by atoms with van der Waals surface area (Å²) in [7, 11) is 4.45. The first kappa shape index (κ1) is 16.0. The topological polar surface area (TPSA) is 15.3 Å². The van der Waals surface area contributed by atoms with Gasteiger partial charge in [-0.25, -0.2) is 0 Å². The monoisotopic (exact) mass is 254 g/mol. The Bertz CT molecular complexity index is 225. The van der Waals surface area contributed by atoms with Crippen LogP contribution in [0.25, 0.3) is 0 Å². The highest BCUT2D eigenvalue weighted by molar-refractivity contribution is 4.89. The van der Waals surface area contributed by atoms with Crippen LogP contribution in [0.4, 0.5) is 0 Å². The molecule has 0 saturated heterocycles. The summed E-state index contributed by atoms with van der Waals surface area (Å²) in [4.78, 5) is 2.60. The maximum absolute atomic E-state index is 3.57. The van der Waals surface area contributed by atoms with Gasteiger partial charge in [0, 0.05) is 18.6 Å². The highest BCUT2D eigenvalue weighted by Crippen LogP contribution is 2.34. The van der Waals surface area contributed by atoms with Crippen molar-refractivity contribution in [2.45, 2.75) is 65.5 Å². The molecule has 2 heteroatoms. The second-order valence-electron chi connectivity index (χ2n) is 6.52. The summed E-state index contributed by atoms with van der Waals surface area (Å²) in [5.74, 6) is 2.55. The Morgan fingerprint density at radius 1 is 1.17 bits per heavy atom. The van der Waals surface area contributed by atoms with Crippen molar-refractivity contribution in [1.29, 1.82) is 0 Å². The minimum atomic E-state index is 0.709. The molecule has 1 saturated carbocycles. The van der Waals surface area contributed by atoms with Gasteiger partial charge in [-0.3, -0.25) is 0 Å². The molecule has 4 atom stereocenters. The van der Waals surface area contributed by atoms with E-state index < -0.39 is 0 Å². The molecule has 0 amide bonds. The highest BCUT2D eigenvalue weighted by atomic mass is 15.1. The van der Waals surface area contributed by atoms with E-state index in [0.29, 0.717) is 6.04 Å². The molecule has 0 spiro atoms. The number of nitrogens with zero attached hydrogens (tertiary/aromatic N) is 1. The first-order valence-electron chi connectivity index (χ1n) is 7.90. The largest absolute Gasteiger partial charge is 0.317 e. The van der Waals surface area contributed by atoms with Crippen molar-refractivity contribution in [3.8, 4) is 0 Å². The van der Waals surface area contributed by atoms with Crippen LogP contribution in [0.15, 0.2) is 0 Å². The summed E-state index contributed by atoms with van der Waals surface area (Å²) in [5, 5.41) is 3.57. The van der Waals surface area contributed by atoms with Gasteiger partial charge in [0.2, 0.25) is 0 Å². The van der Waals surface area contributed by atoms with Crippen LogP contribution in [0.1, 0.15) is 53.4 Å². The molecule has 2 nitrogen and oxygen atoms in total. The minimum Gasteiger partial charge on any atom is -0.317 e. The average molecular weight is 254 g/mol. The van der Waals surface area contributed by atoms with Crippen LogP contribution in [-0.2, 0) is 0 Å². The number of hydrogen-bond acceptors (Lipinski definition) is 2. The molecule has 0 heterocycles. The van der Waals surface area contributed by atoms with E-state index in [-0.39, 0.29) is 0 Å². The zero-order chi connectivity index (χ0) is 13.7. The molecule has 0 radical (unpaired) electrons. The van der Waals surface area contributed by atoms with E-state index in [9.17, 15) is 0 Å². The van der Waals surface area contributed by atoms with Gasteiger partial charge < -0.3 is 10.2 Å². The molecule has 0 aromatic carbocycles. The average Bonchev–Trinajstić information content (AvgIpc) is 2.33. The Labute approximate surface area is 115 Å². The van der Waals surface area contributed by atoms with Crippen molar-refractivity contribution in [2.24, 2.45) is 17.8 Å².